The van der Waals surface area contributed by atoms with Crippen molar-refractivity contribution in [3.63, 3.8) is 0 Å². The summed E-state index contributed by atoms with van der Waals surface area (Å²) in [5.41, 5.74) is 5.02. The lowest BCUT2D eigenvalue weighted by Crippen LogP contribution is -2.27. The first-order valence-corrected chi connectivity index (χ1v) is 16.6. The van der Waals surface area contributed by atoms with Gasteiger partial charge in [0.15, 0.2) is 0 Å². The largest absolute Gasteiger partial charge is 0.489 e. The van der Waals surface area contributed by atoms with Gasteiger partial charge in [0.2, 0.25) is 0 Å². The van der Waals surface area contributed by atoms with Gasteiger partial charge < -0.3 is 14.2 Å². The molecule has 0 atom stereocenters. The van der Waals surface area contributed by atoms with Crippen LogP contribution in [0.15, 0.2) is 72.8 Å². The molecule has 0 radical (unpaired) electrons. The molecule has 3 aromatic carbocycles. The van der Waals surface area contributed by atoms with Crippen molar-refractivity contribution in [1.82, 2.24) is 4.90 Å². The number of para-hydroxylation sites is 1. The molecule has 0 aromatic heterocycles. The van der Waals surface area contributed by atoms with Crippen molar-refractivity contribution >= 4 is 11.9 Å². The van der Waals surface area contributed by atoms with Crippen LogP contribution in [0.3, 0.4) is 0 Å². The molecule has 0 heterocycles. The predicted molar refractivity (Wildman–Crippen MR) is 180 cm³/mol. The number of hydrogen-bond acceptors (Lipinski definition) is 6. The molecule has 0 unspecified atom stereocenters. The van der Waals surface area contributed by atoms with Crippen LogP contribution in [0, 0.1) is 0 Å². The summed E-state index contributed by atoms with van der Waals surface area (Å²) in [6, 6.07) is 24.9. The Bertz CT molecular complexity index is 1340. The van der Waals surface area contributed by atoms with Gasteiger partial charge in [0.1, 0.15) is 18.0 Å². The Morgan fingerprint density at radius 3 is 2.20 bits per heavy atom. The third kappa shape index (κ3) is 11.7. The first-order chi connectivity index (χ1) is 21.7. The summed E-state index contributed by atoms with van der Waals surface area (Å²) in [6.45, 7) is 8.65. The van der Waals surface area contributed by atoms with E-state index < -0.39 is 5.60 Å². The number of nitrogens with zero attached hydrogens (tertiary/aromatic N) is 1. The van der Waals surface area contributed by atoms with Crippen LogP contribution in [-0.4, -0.2) is 42.6 Å². The topological polar surface area (TPSA) is 65.1 Å². The Labute approximate surface area is 270 Å². The number of carbonyl (C=O) groups is 2. The highest BCUT2D eigenvalue weighted by molar-refractivity contribution is 5.89. The second-order valence-corrected chi connectivity index (χ2v) is 13.2. The number of methoxy groups -OCH3 is 1. The molecule has 0 saturated heterocycles. The van der Waals surface area contributed by atoms with Gasteiger partial charge in [-0.05, 0) is 106 Å². The Hall–Kier alpha value is -3.64. The summed E-state index contributed by atoms with van der Waals surface area (Å²) < 4.78 is 16.7. The molecule has 3 aromatic rings. The van der Waals surface area contributed by atoms with Gasteiger partial charge in [-0.1, -0.05) is 73.9 Å². The summed E-state index contributed by atoms with van der Waals surface area (Å²) in [5, 5.41) is 0. The van der Waals surface area contributed by atoms with Crippen molar-refractivity contribution in [3.8, 4) is 5.75 Å². The Balaban J connectivity index is 1.35. The molecule has 6 nitrogen and oxygen atoms in total. The molecule has 0 spiro atoms. The van der Waals surface area contributed by atoms with Gasteiger partial charge in [-0.15, -0.1) is 0 Å². The maximum Gasteiger partial charge on any atom is 0.337 e. The van der Waals surface area contributed by atoms with Crippen LogP contribution in [-0.2, 0) is 33.8 Å². The van der Waals surface area contributed by atoms with E-state index in [9.17, 15) is 9.59 Å². The van der Waals surface area contributed by atoms with Crippen LogP contribution in [0.1, 0.15) is 111 Å². The smallest absolute Gasteiger partial charge is 0.337 e. The standard InChI is InChI=1S/C39H51NO5/c1-39(2,3)45-37(41)16-10-11-26-40(28-30-17-23-35(24-18-30)38(42)43-4)27-25-34-14-8-9-15-36(34)44-29-31-19-21-33(22-20-31)32-12-6-5-7-13-32/h8-9,14-15,17-24,32H,5-7,10-13,16,25-29H2,1-4H3. The highest BCUT2D eigenvalue weighted by Crippen LogP contribution is 2.32. The van der Waals surface area contributed by atoms with Crippen LogP contribution in [0.4, 0.5) is 0 Å². The highest BCUT2D eigenvalue weighted by Gasteiger charge is 2.17. The second-order valence-electron chi connectivity index (χ2n) is 13.2. The number of carbonyl (C=O) groups excluding carboxylic acids is 2. The number of esters is 2. The van der Waals surface area contributed by atoms with E-state index in [0.29, 0.717) is 24.5 Å². The van der Waals surface area contributed by atoms with Crippen LogP contribution >= 0.6 is 0 Å². The molecule has 0 amide bonds. The van der Waals surface area contributed by atoms with Crippen molar-refractivity contribution in [3.05, 3.63) is 101 Å². The van der Waals surface area contributed by atoms with Crippen LogP contribution in [0.25, 0.3) is 0 Å². The van der Waals surface area contributed by atoms with Crippen molar-refractivity contribution in [2.24, 2.45) is 0 Å². The van der Waals surface area contributed by atoms with Gasteiger partial charge in [0, 0.05) is 19.5 Å². The fraction of sp³-hybridized carbons (Fsp3) is 0.487. The van der Waals surface area contributed by atoms with Crippen molar-refractivity contribution in [1.29, 1.82) is 0 Å². The van der Waals surface area contributed by atoms with Crippen LogP contribution in [0.5, 0.6) is 5.75 Å². The zero-order chi connectivity index (χ0) is 32.1. The molecule has 1 aliphatic rings. The minimum absolute atomic E-state index is 0.151. The van der Waals surface area contributed by atoms with Gasteiger partial charge in [0.25, 0.3) is 0 Å². The van der Waals surface area contributed by atoms with Crippen molar-refractivity contribution in [2.75, 3.05) is 20.2 Å². The first-order valence-electron chi connectivity index (χ1n) is 16.6. The molecule has 4 rings (SSSR count). The SMILES string of the molecule is COC(=O)c1ccc(CN(CCCCC(=O)OC(C)(C)C)CCc2ccccc2OCc2ccc(C3CCCCC3)cc2)cc1. The minimum Gasteiger partial charge on any atom is -0.489 e. The van der Waals surface area contributed by atoms with E-state index in [1.165, 1.54) is 55.9 Å². The fourth-order valence-corrected chi connectivity index (χ4v) is 6.00. The normalized spacial score (nSPS) is 13.9. The number of rotatable bonds is 15. The van der Waals surface area contributed by atoms with E-state index in [4.69, 9.17) is 14.2 Å². The van der Waals surface area contributed by atoms with Gasteiger partial charge in [-0.3, -0.25) is 9.69 Å². The van der Waals surface area contributed by atoms with Crippen molar-refractivity contribution < 1.29 is 23.8 Å². The van der Waals surface area contributed by atoms with Gasteiger partial charge in [-0.25, -0.2) is 4.79 Å². The van der Waals surface area contributed by atoms with E-state index in [1.807, 2.05) is 51.1 Å². The monoisotopic (exact) mass is 613 g/mol. The lowest BCUT2D eigenvalue weighted by atomic mass is 9.84. The molecule has 45 heavy (non-hydrogen) atoms. The maximum absolute atomic E-state index is 12.2. The molecule has 6 heteroatoms. The fourth-order valence-electron chi connectivity index (χ4n) is 6.00. The second kappa shape index (κ2) is 17.2. The maximum atomic E-state index is 12.2. The average molecular weight is 614 g/mol. The summed E-state index contributed by atoms with van der Waals surface area (Å²) in [7, 11) is 1.39. The molecular weight excluding hydrogens is 562 g/mol. The number of unbranched alkanes of at least 4 members (excludes halogenated alkanes) is 1. The third-order valence-electron chi connectivity index (χ3n) is 8.43. The molecular formula is C39H51NO5. The zero-order valence-electron chi connectivity index (χ0n) is 27.7. The molecule has 1 aliphatic carbocycles. The van der Waals surface area contributed by atoms with Crippen LogP contribution < -0.4 is 4.74 Å². The number of benzene rings is 3. The Morgan fingerprint density at radius 2 is 1.51 bits per heavy atom. The summed E-state index contributed by atoms with van der Waals surface area (Å²) in [6.07, 6.45) is 9.58. The molecule has 0 bridgehead atoms. The summed E-state index contributed by atoms with van der Waals surface area (Å²) in [4.78, 5) is 26.5. The van der Waals surface area contributed by atoms with Gasteiger partial charge >= 0.3 is 11.9 Å². The molecule has 0 N–H and O–H groups in total. The van der Waals surface area contributed by atoms with Crippen molar-refractivity contribution in [2.45, 2.75) is 103 Å². The number of hydrogen-bond donors (Lipinski definition) is 0. The molecule has 242 valence electrons. The Kier molecular flexibility index (Phi) is 13.1. The van der Waals surface area contributed by atoms with Gasteiger partial charge in [0.05, 0.1) is 12.7 Å². The van der Waals surface area contributed by atoms with E-state index in [1.54, 1.807) is 0 Å². The lowest BCUT2D eigenvalue weighted by molar-refractivity contribution is -0.154. The van der Waals surface area contributed by atoms with E-state index in [0.717, 1.165) is 50.2 Å². The molecule has 1 fully saturated rings. The summed E-state index contributed by atoms with van der Waals surface area (Å²) >= 11 is 0. The quantitative estimate of drug-likeness (QED) is 0.126. The Morgan fingerprint density at radius 1 is 0.822 bits per heavy atom. The van der Waals surface area contributed by atoms with Gasteiger partial charge in [-0.2, -0.15) is 0 Å². The lowest BCUT2D eigenvalue weighted by Gasteiger charge is -2.24. The van der Waals surface area contributed by atoms with E-state index in [-0.39, 0.29) is 11.9 Å². The third-order valence-corrected chi connectivity index (χ3v) is 8.43. The minimum atomic E-state index is -0.465. The van der Waals surface area contributed by atoms with Crippen LogP contribution in [0.2, 0.25) is 0 Å². The number of ether oxygens (including phenoxy) is 3. The molecule has 0 aliphatic heterocycles. The highest BCUT2D eigenvalue weighted by atomic mass is 16.6. The van der Waals surface area contributed by atoms with E-state index >= 15 is 0 Å². The average Bonchev–Trinajstić information content (AvgIpc) is 3.04. The zero-order valence-corrected chi connectivity index (χ0v) is 27.7. The molecule has 1 saturated carbocycles. The summed E-state index contributed by atoms with van der Waals surface area (Å²) in [5.74, 6) is 1.14. The first kappa shape index (κ1) is 34.2. The van der Waals surface area contributed by atoms with E-state index in [2.05, 4.69) is 47.4 Å². The predicted octanol–water partition coefficient (Wildman–Crippen LogP) is 8.66.